The fraction of sp³-hybridized carbons (Fsp3) is 0.600. The van der Waals surface area contributed by atoms with E-state index < -0.39 is 0 Å². The number of ether oxygens (including phenoxy) is 1. The van der Waals surface area contributed by atoms with Gasteiger partial charge in [-0.15, -0.1) is 0 Å². The Bertz CT molecular complexity index is 365. The Hall–Kier alpha value is -1.02. The lowest BCUT2D eigenvalue weighted by atomic mass is 9.79. The van der Waals surface area contributed by atoms with Crippen molar-refractivity contribution in [2.24, 2.45) is 0 Å². The first-order valence-electron chi connectivity index (χ1n) is 6.54. The average molecular weight is 234 g/mol. The Morgan fingerprint density at radius 3 is 2.47 bits per heavy atom. The Labute approximate surface area is 104 Å². The Morgan fingerprint density at radius 1 is 1.24 bits per heavy atom. The smallest absolute Gasteiger partial charge is 0.119 e. The predicted octanol–water partition coefficient (Wildman–Crippen LogP) is 3.63. The topological polar surface area (TPSA) is 29.5 Å². The molecule has 0 aromatic heterocycles. The first kappa shape index (κ1) is 12.4. The fourth-order valence-corrected chi connectivity index (χ4v) is 2.79. The molecule has 1 saturated carbocycles. The largest absolute Gasteiger partial charge is 0.508 e. The van der Waals surface area contributed by atoms with Gasteiger partial charge in [0, 0.05) is 11.0 Å². The van der Waals surface area contributed by atoms with Crippen LogP contribution in [0.4, 0.5) is 0 Å². The maximum absolute atomic E-state index is 10.0. The van der Waals surface area contributed by atoms with Crippen molar-refractivity contribution in [2.45, 2.75) is 51.0 Å². The molecule has 0 bridgehead atoms. The summed E-state index contributed by atoms with van der Waals surface area (Å²) >= 11 is 0. The van der Waals surface area contributed by atoms with Crippen LogP contribution < -0.4 is 0 Å². The average Bonchev–Trinajstić information content (AvgIpc) is 2.77. The predicted molar refractivity (Wildman–Crippen MR) is 69.3 cm³/mol. The molecule has 1 aromatic rings. The van der Waals surface area contributed by atoms with Gasteiger partial charge in [-0.3, -0.25) is 0 Å². The van der Waals surface area contributed by atoms with Gasteiger partial charge in [0.25, 0.3) is 0 Å². The molecular weight excluding hydrogens is 212 g/mol. The molecule has 1 aliphatic rings. The summed E-state index contributed by atoms with van der Waals surface area (Å²) in [4.78, 5) is 0. The van der Waals surface area contributed by atoms with Crippen molar-refractivity contribution in [3.63, 3.8) is 0 Å². The zero-order chi connectivity index (χ0) is 12.3. The highest BCUT2D eigenvalue weighted by molar-refractivity contribution is 5.39. The monoisotopic (exact) mass is 234 g/mol. The summed E-state index contributed by atoms with van der Waals surface area (Å²) in [7, 11) is 0. The Balaban J connectivity index is 2.25. The molecule has 1 N–H and O–H groups in total. The van der Waals surface area contributed by atoms with Crippen molar-refractivity contribution in [1.29, 1.82) is 0 Å². The van der Waals surface area contributed by atoms with E-state index in [1.54, 1.807) is 6.07 Å². The van der Waals surface area contributed by atoms with Gasteiger partial charge in [0.1, 0.15) is 5.75 Å². The molecule has 2 heteroatoms. The second-order valence-corrected chi connectivity index (χ2v) is 5.36. The molecule has 0 radical (unpaired) electrons. The van der Waals surface area contributed by atoms with Gasteiger partial charge in [0.2, 0.25) is 0 Å². The summed E-state index contributed by atoms with van der Waals surface area (Å²) in [6.45, 7) is 4.85. The van der Waals surface area contributed by atoms with Crippen LogP contribution in [0.1, 0.15) is 45.1 Å². The van der Waals surface area contributed by atoms with Gasteiger partial charge in [-0.25, -0.2) is 0 Å². The van der Waals surface area contributed by atoms with Gasteiger partial charge in [0.05, 0.1) is 12.7 Å². The zero-order valence-corrected chi connectivity index (χ0v) is 10.8. The van der Waals surface area contributed by atoms with Gasteiger partial charge >= 0.3 is 0 Å². The molecule has 0 aliphatic heterocycles. The number of phenols is 1. The van der Waals surface area contributed by atoms with Gasteiger partial charge in [0.15, 0.2) is 0 Å². The summed E-state index contributed by atoms with van der Waals surface area (Å²) < 4.78 is 5.83. The Morgan fingerprint density at radius 2 is 1.88 bits per heavy atom. The summed E-state index contributed by atoms with van der Waals surface area (Å²) in [5.74, 6) is 0.418. The van der Waals surface area contributed by atoms with Gasteiger partial charge < -0.3 is 9.84 Å². The second-order valence-electron chi connectivity index (χ2n) is 5.36. The minimum atomic E-state index is 0.0373. The SMILES string of the molecule is CC(C)OCC1(c2ccccc2O)CCCC1. The maximum atomic E-state index is 10.0. The molecule has 1 aliphatic carbocycles. The normalized spacial score (nSPS) is 18.8. The van der Waals surface area contributed by atoms with E-state index in [-0.39, 0.29) is 11.5 Å². The van der Waals surface area contributed by atoms with Crippen molar-refractivity contribution in [1.82, 2.24) is 0 Å². The molecule has 2 nitrogen and oxygen atoms in total. The summed E-state index contributed by atoms with van der Waals surface area (Å²) in [5, 5.41) is 10.0. The van der Waals surface area contributed by atoms with E-state index in [1.807, 2.05) is 18.2 Å². The number of para-hydroxylation sites is 1. The van der Waals surface area contributed by atoms with E-state index >= 15 is 0 Å². The minimum Gasteiger partial charge on any atom is -0.508 e. The van der Waals surface area contributed by atoms with E-state index in [2.05, 4.69) is 13.8 Å². The summed E-state index contributed by atoms with van der Waals surface area (Å²) in [6, 6.07) is 7.71. The molecule has 17 heavy (non-hydrogen) atoms. The lowest BCUT2D eigenvalue weighted by molar-refractivity contribution is 0.0382. The molecule has 0 spiro atoms. The van der Waals surface area contributed by atoms with Crippen LogP contribution in [-0.2, 0) is 10.2 Å². The summed E-state index contributed by atoms with van der Waals surface area (Å²) in [6.07, 6.45) is 4.96. The quantitative estimate of drug-likeness (QED) is 0.862. The third-order valence-corrected chi connectivity index (χ3v) is 3.73. The van der Waals surface area contributed by atoms with Crippen LogP contribution >= 0.6 is 0 Å². The molecule has 94 valence electrons. The molecule has 0 heterocycles. The summed E-state index contributed by atoms with van der Waals surface area (Å²) in [5.41, 5.74) is 1.11. The number of hydrogen-bond donors (Lipinski definition) is 1. The lowest BCUT2D eigenvalue weighted by Crippen LogP contribution is -2.30. The van der Waals surface area contributed by atoms with E-state index in [0.717, 1.165) is 25.0 Å². The molecule has 1 aromatic carbocycles. The second kappa shape index (κ2) is 5.09. The van der Waals surface area contributed by atoms with Gasteiger partial charge in [-0.2, -0.15) is 0 Å². The van der Waals surface area contributed by atoms with Crippen molar-refractivity contribution in [2.75, 3.05) is 6.61 Å². The number of hydrogen-bond acceptors (Lipinski definition) is 2. The van der Waals surface area contributed by atoms with E-state index in [4.69, 9.17) is 4.74 Å². The zero-order valence-electron chi connectivity index (χ0n) is 10.8. The number of aromatic hydroxyl groups is 1. The molecule has 0 unspecified atom stereocenters. The molecule has 0 atom stereocenters. The van der Waals surface area contributed by atoms with Crippen LogP contribution in [-0.4, -0.2) is 17.8 Å². The third kappa shape index (κ3) is 2.63. The minimum absolute atomic E-state index is 0.0373. The fourth-order valence-electron chi connectivity index (χ4n) is 2.79. The molecule has 2 rings (SSSR count). The Kier molecular flexibility index (Phi) is 3.72. The van der Waals surface area contributed by atoms with Crippen LogP contribution in [0.2, 0.25) is 0 Å². The third-order valence-electron chi connectivity index (χ3n) is 3.73. The maximum Gasteiger partial charge on any atom is 0.119 e. The highest BCUT2D eigenvalue weighted by Crippen LogP contribution is 2.44. The molecule has 0 amide bonds. The lowest BCUT2D eigenvalue weighted by Gasteiger charge is -2.31. The number of phenolic OH excluding ortho intramolecular Hbond substituents is 1. The molecular formula is C15H22O2. The van der Waals surface area contributed by atoms with E-state index in [0.29, 0.717) is 5.75 Å². The van der Waals surface area contributed by atoms with Crippen LogP contribution in [0.15, 0.2) is 24.3 Å². The molecule has 1 fully saturated rings. The standard InChI is InChI=1S/C15H22O2/c1-12(2)17-11-15(9-5-6-10-15)13-7-3-4-8-14(13)16/h3-4,7-8,12,16H,5-6,9-11H2,1-2H3. The van der Waals surface area contributed by atoms with Gasteiger partial charge in [-0.1, -0.05) is 31.0 Å². The van der Waals surface area contributed by atoms with E-state index in [9.17, 15) is 5.11 Å². The highest BCUT2D eigenvalue weighted by Gasteiger charge is 2.37. The van der Waals surface area contributed by atoms with Crippen LogP contribution in [0.25, 0.3) is 0 Å². The van der Waals surface area contributed by atoms with E-state index in [1.165, 1.54) is 12.8 Å². The van der Waals surface area contributed by atoms with Gasteiger partial charge in [-0.05, 0) is 32.8 Å². The first-order valence-corrected chi connectivity index (χ1v) is 6.54. The van der Waals surface area contributed by atoms with Crippen LogP contribution in [0.5, 0.6) is 5.75 Å². The van der Waals surface area contributed by atoms with Crippen molar-refractivity contribution in [3.8, 4) is 5.75 Å². The number of benzene rings is 1. The highest BCUT2D eigenvalue weighted by atomic mass is 16.5. The van der Waals surface area contributed by atoms with Crippen molar-refractivity contribution in [3.05, 3.63) is 29.8 Å². The van der Waals surface area contributed by atoms with Crippen LogP contribution in [0, 0.1) is 0 Å². The number of rotatable bonds is 4. The van der Waals surface area contributed by atoms with Crippen molar-refractivity contribution < 1.29 is 9.84 Å². The molecule has 0 saturated heterocycles. The van der Waals surface area contributed by atoms with Crippen molar-refractivity contribution >= 4 is 0 Å². The van der Waals surface area contributed by atoms with Crippen LogP contribution in [0.3, 0.4) is 0 Å². The first-order chi connectivity index (χ1) is 8.14.